The number of halogens is 2. The zero-order chi connectivity index (χ0) is 18.3. The van der Waals surface area contributed by atoms with Gasteiger partial charge in [0.05, 0.1) is 28.9 Å². The molecule has 0 N–H and O–H groups in total. The second kappa shape index (κ2) is 7.29. The van der Waals surface area contributed by atoms with Crippen molar-refractivity contribution >= 4 is 40.1 Å². The van der Waals surface area contributed by atoms with E-state index in [-0.39, 0.29) is 12.1 Å². The number of hydrogen-bond donors (Lipinski definition) is 0. The van der Waals surface area contributed by atoms with Crippen LogP contribution in [-0.2, 0) is 0 Å². The summed E-state index contributed by atoms with van der Waals surface area (Å²) in [7, 11) is 1.57. The first-order valence-electron chi connectivity index (χ1n) is 8.56. The monoisotopic (exact) mass is 407 g/mol. The fraction of sp³-hybridized carbons (Fsp3) is 0.368. The molecule has 4 nitrogen and oxygen atoms in total. The molecule has 136 valence electrons. The van der Waals surface area contributed by atoms with Crippen LogP contribution in [0.25, 0.3) is 0 Å². The summed E-state index contributed by atoms with van der Waals surface area (Å²) in [6.45, 7) is 2.22. The van der Waals surface area contributed by atoms with Crippen LogP contribution < -0.4 is 4.74 Å². The molecule has 2 aromatic rings. The average Bonchev–Trinajstić information content (AvgIpc) is 3.21. The molecular weight excluding hydrogens is 389 g/mol. The van der Waals surface area contributed by atoms with E-state index in [2.05, 4.69) is 16.8 Å². The summed E-state index contributed by atoms with van der Waals surface area (Å²) >= 11 is 14.7. The number of thioether (sulfide) groups is 1. The van der Waals surface area contributed by atoms with Gasteiger partial charge >= 0.3 is 0 Å². The topological polar surface area (TPSA) is 37.7 Å². The normalized spacial score (nSPS) is 24.5. The lowest BCUT2D eigenvalue weighted by molar-refractivity contribution is 0.255. The van der Waals surface area contributed by atoms with Gasteiger partial charge in [0.15, 0.2) is 10.9 Å². The Bertz CT molecular complexity index is 823. The molecule has 1 aromatic carbocycles. The van der Waals surface area contributed by atoms with E-state index in [0.717, 1.165) is 28.6 Å². The van der Waals surface area contributed by atoms with Gasteiger partial charge in [-0.05, 0) is 36.2 Å². The van der Waals surface area contributed by atoms with Crippen molar-refractivity contribution in [2.45, 2.75) is 31.5 Å². The maximum Gasteiger partial charge on any atom is 0.160 e. The Kier molecular flexibility index (Phi) is 5.04. The first-order valence-corrected chi connectivity index (χ1v) is 10.3. The molecule has 1 saturated heterocycles. The summed E-state index contributed by atoms with van der Waals surface area (Å²) in [5.41, 5.74) is 1.99. The number of hydrogen-bond acceptors (Lipinski definition) is 5. The van der Waals surface area contributed by atoms with Crippen molar-refractivity contribution < 1.29 is 4.74 Å². The minimum absolute atomic E-state index is 0.0285. The van der Waals surface area contributed by atoms with Gasteiger partial charge in [-0.25, -0.2) is 0 Å². The van der Waals surface area contributed by atoms with Gasteiger partial charge in [-0.15, -0.1) is 0 Å². The Balaban J connectivity index is 1.82. The zero-order valence-electron chi connectivity index (χ0n) is 14.5. The van der Waals surface area contributed by atoms with Crippen LogP contribution >= 0.6 is 35.0 Å². The SMILES string of the molecule is CCC1CSC2=NC(c3ccccn3)C(c3cc(Cl)c(OC)c(Cl)c3)N21. The fourth-order valence-corrected chi connectivity index (χ4v) is 5.65. The summed E-state index contributed by atoms with van der Waals surface area (Å²) in [5, 5.41) is 2.12. The molecule has 0 amide bonds. The lowest BCUT2D eigenvalue weighted by Crippen LogP contribution is -2.35. The molecule has 0 aliphatic carbocycles. The molecule has 3 heterocycles. The summed E-state index contributed by atoms with van der Waals surface area (Å²) < 4.78 is 5.31. The minimum atomic E-state index is -0.0754. The Morgan fingerprint density at radius 1 is 1.27 bits per heavy atom. The van der Waals surface area contributed by atoms with Crippen LogP contribution in [-0.4, -0.2) is 34.0 Å². The third-order valence-electron chi connectivity index (χ3n) is 4.90. The van der Waals surface area contributed by atoms with Gasteiger partial charge in [-0.2, -0.15) is 0 Å². The predicted molar refractivity (Wildman–Crippen MR) is 109 cm³/mol. The van der Waals surface area contributed by atoms with E-state index < -0.39 is 0 Å². The largest absolute Gasteiger partial charge is 0.494 e. The minimum Gasteiger partial charge on any atom is -0.494 e. The molecule has 7 heteroatoms. The molecule has 0 radical (unpaired) electrons. The Hall–Kier alpha value is -1.43. The first kappa shape index (κ1) is 18.0. The first-order chi connectivity index (χ1) is 12.6. The molecule has 2 aliphatic heterocycles. The number of methoxy groups -OCH3 is 1. The Morgan fingerprint density at radius 3 is 2.65 bits per heavy atom. The third kappa shape index (κ3) is 2.96. The lowest BCUT2D eigenvalue weighted by atomic mass is 9.95. The molecule has 1 fully saturated rings. The van der Waals surface area contributed by atoms with E-state index in [9.17, 15) is 0 Å². The Morgan fingerprint density at radius 2 is 2.04 bits per heavy atom. The molecule has 3 atom stereocenters. The predicted octanol–water partition coefficient (Wildman–Crippen LogP) is 5.38. The van der Waals surface area contributed by atoms with E-state index in [1.807, 2.05) is 48.3 Å². The highest BCUT2D eigenvalue weighted by atomic mass is 35.5. The molecule has 26 heavy (non-hydrogen) atoms. The number of amidine groups is 1. The van der Waals surface area contributed by atoms with Gasteiger partial charge in [0.25, 0.3) is 0 Å². The van der Waals surface area contributed by atoms with Crippen molar-refractivity contribution in [3.05, 3.63) is 57.8 Å². The van der Waals surface area contributed by atoms with Gasteiger partial charge in [-0.1, -0.05) is 48.0 Å². The molecular formula is C19H19Cl2N3OS. The highest BCUT2D eigenvalue weighted by Crippen LogP contribution is 2.50. The number of ether oxygens (including phenoxy) is 1. The van der Waals surface area contributed by atoms with Crippen LogP contribution in [0.3, 0.4) is 0 Å². The van der Waals surface area contributed by atoms with Crippen molar-refractivity contribution in [1.29, 1.82) is 0 Å². The van der Waals surface area contributed by atoms with Gasteiger partial charge in [0.2, 0.25) is 0 Å². The number of benzene rings is 1. The van der Waals surface area contributed by atoms with E-state index in [0.29, 0.717) is 21.8 Å². The van der Waals surface area contributed by atoms with Crippen LogP contribution in [0.4, 0.5) is 0 Å². The number of aliphatic imine (C=N–C) groups is 1. The van der Waals surface area contributed by atoms with Crippen molar-refractivity contribution in [1.82, 2.24) is 9.88 Å². The standard InChI is InChI=1S/C19H19Cl2N3OS/c1-3-12-10-26-19-23-16(15-6-4-5-7-22-15)17(24(12)19)11-8-13(20)18(25-2)14(21)9-11/h4-9,12,16-17H,3,10H2,1-2H3. The van der Waals surface area contributed by atoms with Crippen LogP contribution in [0.1, 0.15) is 36.7 Å². The van der Waals surface area contributed by atoms with E-state index in [1.54, 1.807) is 7.11 Å². The van der Waals surface area contributed by atoms with Crippen LogP contribution in [0.2, 0.25) is 10.0 Å². The number of pyridine rings is 1. The van der Waals surface area contributed by atoms with E-state index >= 15 is 0 Å². The van der Waals surface area contributed by atoms with Gasteiger partial charge in [0, 0.05) is 18.0 Å². The second-order valence-corrected chi connectivity index (χ2v) is 8.16. The van der Waals surface area contributed by atoms with E-state index in [1.165, 1.54) is 0 Å². The maximum atomic E-state index is 6.43. The number of nitrogens with zero attached hydrogens (tertiary/aromatic N) is 3. The van der Waals surface area contributed by atoms with Crippen molar-refractivity contribution in [3.8, 4) is 5.75 Å². The van der Waals surface area contributed by atoms with Gasteiger partial charge in [-0.3, -0.25) is 9.98 Å². The number of aromatic nitrogens is 1. The van der Waals surface area contributed by atoms with Crippen LogP contribution in [0.15, 0.2) is 41.5 Å². The highest BCUT2D eigenvalue weighted by molar-refractivity contribution is 8.14. The summed E-state index contributed by atoms with van der Waals surface area (Å²) in [5.74, 6) is 1.56. The molecule has 0 bridgehead atoms. The van der Waals surface area contributed by atoms with Crippen molar-refractivity contribution in [3.63, 3.8) is 0 Å². The van der Waals surface area contributed by atoms with E-state index in [4.69, 9.17) is 32.9 Å². The molecule has 1 aromatic heterocycles. The second-order valence-electron chi connectivity index (χ2n) is 6.35. The summed E-state index contributed by atoms with van der Waals surface area (Å²) in [6.07, 6.45) is 2.88. The highest BCUT2D eigenvalue weighted by Gasteiger charge is 2.45. The number of rotatable bonds is 4. The molecule has 3 unspecified atom stereocenters. The third-order valence-corrected chi connectivity index (χ3v) is 6.58. The fourth-order valence-electron chi connectivity index (χ4n) is 3.66. The van der Waals surface area contributed by atoms with Gasteiger partial charge < -0.3 is 9.64 Å². The quantitative estimate of drug-likeness (QED) is 0.681. The molecule has 0 saturated carbocycles. The summed E-state index contributed by atoms with van der Waals surface area (Å²) in [6, 6.07) is 10.2. The lowest BCUT2D eigenvalue weighted by Gasteiger charge is -2.32. The summed E-state index contributed by atoms with van der Waals surface area (Å²) in [4.78, 5) is 12.0. The molecule has 4 rings (SSSR count). The molecule has 0 spiro atoms. The van der Waals surface area contributed by atoms with Crippen LogP contribution in [0, 0.1) is 0 Å². The number of fused-ring (bicyclic) bond motifs is 1. The van der Waals surface area contributed by atoms with Crippen molar-refractivity contribution in [2.24, 2.45) is 4.99 Å². The van der Waals surface area contributed by atoms with Gasteiger partial charge in [0.1, 0.15) is 6.04 Å². The molecule has 2 aliphatic rings. The average molecular weight is 408 g/mol. The van der Waals surface area contributed by atoms with Crippen molar-refractivity contribution in [2.75, 3.05) is 12.9 Å². The van der Waals surface area contributed by atoms with Crippen LogP contribution in [0.5, 0.6) is 5.75 Å². The smallest absolute Gasteiger partial charge is 0.160 e. The zero-order valence-corrected chi connectivity index (χ0v) is 16.9. The maximum absolute atomic E-state index is 6.43. The Labute approximate surface area is 167 Å².